The Labute approximate surface area is 157 Å². The van der Waals surface area contributed by atoms with Crippen LogP contribution in [0.4, 0.5) is 18.9 Å². The second kappa shape index (κ2) is 7.71. The van der Waals surface area contributed by atoms with Gasteiger partial charge in [0.2, 0.25) is 0 Å². The number of halogens is 4. The fourth-order valence-electron chi connectivity index (χ4n) is 2.27. The highest BCUT2D eigenvalue weighted by Gasteiger charge is 2.29. The predicted octanol–water partition coefficient (Wildman–Crippen LogP) is 4.72. The van der Waals surface area contributed by atoms with Gasteiger partial charge < -0.3 is 10.1 Å². The lowest BCUT2D eigenvalue weighted by atomic mass is 10.2. The Kier molecular flexibility index (Phi) is 5.36. The number of anilines is 1. The lowest BCUT2D eigenvalue weighted by Crippen LogP contribution is -2.20. The monoisotopic (exact) mass is 395 g/mol. The lowest BCUT2D eigenvalue weighted by molar-refractivity contribution is -0.153. The molecule has 0 saturated carbocycles. The van der Waals surface area contributed by atoms with Crippen LogP contribution in [0, 0.1) is 0 Å². The van der Waals surface area contributed by atoms with Gasteiger partial charge in [-0.25, -0.2) is 4.68 Å². The normalized spacial score (nSPS) is 11.3. The topological polar surface area (TPSA) is 56.1 Å². The first-order valence-corrected chi connectivity index (χ1v) is 8.10. The van der Waals surface area contributed by atoms with Crippen LogP contribution in [-0.4, -0.2) is 28.5 Å². The Morgan fingerprint density at radius 2 is 1.93 bits per heavy atom. The molecule has 9 heteroatoms. The summed E-state index contributed by atoms with van der Waals surface area (Å²) < 4.78 is 43.5. The number of benzene rings is 2. The van der Waals surface area contributed by atoms with Gasteiger partial charge in [0.15, 0.2) is 6.61 Å². The largest absolute Gasteiger partial charge is 0.482 e. The molecule has 0 bridgehead atoms. The van der Waals surface area contributed by atoms with Gasteiger partial charge in [0.1, 0.15) is 5.75 Å². The molecule has 3 aromatic rings. The minimum atomic E-state index is -4.50. The summed E-state index contributed by atoms with van der Waals surface area (Å²) in [6, 6.07) is 12.3. The SMILES string of the molecule is O=C(Nc1cc(Cl)ccc1OCC(F)(F)F)c1ccc(-n2cccn2)cc1. The second-order valence-electron chi connectivity index (χ2n) is 5.50. The fourth-order valence-corrected chi connectivity index (χ4v) is 2.44. The smallest absolute Gasteiger partial charge is 0.422 e. The van der Waals surface area contributed by atoms with Gasteiger partial charge >= 0.3 is 6.18 Å². The molecular formula is C18H13ClF3N3O2. The molecule has 0 aliphatic rings. The minimum Gasteiger partial charge on any atom is -0.482 e. The van der Waals surface area contributed by atoms with Gasteiger partial charge in [0, 0.05) is 23.0 Å². The standard InChI is InChI=1S/C18H13ClF3N3O2/c19-13-4-7-16(27-11-18(20,21)22)15(10-13)24-17(26)12-2-5-14(6-3-12)25-9-1-8-23-25/h1-10H,11H2,(H,24,26). The highest BCUT2D eigenvalue weighted by Crippen LogP contribution is 2.30. The highest BCUT2D eigenvalue weighted by atomic mass is 35.5. The third kappa shape index (κ3) is 5.01. The van der Waals surface area contributed by atoms with Gasteiger partial charge in [-0.05, 0) is 48.5 Å². The van der Waals surface area contributed by atoms with Crippen LogP contribution in [0.15, 0.2) is 60.9 Å². The summed E-state index contributed by atoms with van der Waals surface area (Å²) in [7, 11) is 0. The zero-order valence-corrected chi connectivity index (χ0v) is 14.5. The maximum absolute atomic E-state index is 12.4. The van der Waals surface area contributed by atoms with Crippen molar-refractivity contribution in [3.63, 3.8) is 0 Å². The van der Waals surface area contributed by atoms with Crippen LogP contribution in [0.1, 0.15) is 10.4 Å². The van der Waals surface area contributed by atoms with Crippen LogP contribution in [0.3, 0.4) is 0 Å². The Bertz CT molecular complexity index is 926. The van der Waals surface area contributed by atoms with E-state index in [4.69, 9.17) is 16.3 Å². The van der Waals surface area contributed by atoms with Crippen molar-refractivity contribution in [2.75, 3.05) is 11.9 Å². The van der Waals surface area contributed by atoms with Gasteiger partial charge in [0.25, 0.3) is 5.91 Å². The zero-order valence-electron chi connectivity index (χ0n) is 13.7. The summed E-state index contributed by atoms with van der Waals surface area (Å²) >= 11 is 5.88. The fraction of sp³-hybridized carbons (Fsp3) is 0.111. The van der Waals surface area contributed by atoms with E-state index in [1.807, 2.05) is 0 Å². The van der Waals surface area contributed by atoms with Crippen molar-refractivity contribution in [1.29, 1.82) is 0 Å². The zero-order chi connectivity index (χ0) is 19.4. The molecule has 5 nitrogen and oxygen atoms in total. The maximum atomic E-state index is 12.4. The molecule has 0 spiro atoms. The summed E-state index contributed by atoms with van der Waals surface area (Å²) in [5, 5.41) is 6.85. The van der Waals surface area contributed by atoms with Gasteiger partial charge in [-0.2, -0.15) is 18.3 Å². The number of carbonyl (C=O) groups is 1. The number of nitrogens with zero attached hydrogens (tertiary/aromatic N) is 2. The molecule has 3 rings (SSSR count). The first-order valence-electron chi connectivity index (χ1n) is 7.72. The Morgan fingerprint density at radius 3 is 2.56 bits per heavy atom. The molecule has 1 aromatic heterocycles. The van der Waals surface area contributed by atoms with E-state index in [-0.39, 0.29) is 16.5 Å². The molecule has 0 aliphatic carbocycles. The predicted molar refractivity (Wildman–Crippen MR) is 94.5 cm³/mol. The van der Waals surface area contributed by atoms with E-state index in [0.29, 0.717) is 5.56 Å². The van der Waals surface area contributed by atoms with Crippen molar-refractivity contribution in [3.05, 3.63) is 71.5 Å². The van der Waals surface area contributed by atoms with Crippen molar-refractivity contribution in [3.8, 4) is 11.4 Å². The molecule has 0 radical (unpaired) electrons. The van der Waals surface area contributed by atoms with E-state index in [0.717, 1.165) is 5.69 Å². The second-order valence-corrected chi connectivity index (χ2v) is 5.93. The van der Waals surface area contributed by atoms with Crippen molar-refractivity contribution in [1.82, 2.24) is 9.78 Å². The molecule has 0 atom stereocenters. The number of ether oxygens (including phenoxy) is 1. The first kappa shape index (κ1) is 18.8. The first-order chi connectivity index (χ1) is 12.8. The molecule has 0 saturated heterocycles. The van der Waals surface area contributed by atoms with Gasteiger partial charge in [-0.1, -0.05) is 11.6 Å². The number of carbonyl (C=O) groups excluding carboxylic acids is 1. The summed E-state index contributed by atoms with van der Waals surface area (Å²) in [6.07, 6.45) is -1.11. The van der Waals surface area contributed by atoms with Crippen LogP contribution in [0.2, 0.25) is 5.02 Å². The van der Waals surface area contributed by atoms with Gasteiger partial charge in [0.05, 0.1) is 11.4 Å². The number of amides is 1. The number of aromatic nitrogens is 2. The van der Waals surface area contributed by atoms with Crippen molar-refractivity contribution in [2.24, 2.45) is 0 Å². The molecule has 27 heavy (non-hydrogen) atoms. The number of hydrogen-bond acceptors (Lipinski definition) is 3. The van der Waals surface area contributed by atoms with Gasteiger partial charge in [-0.3, -0.25) is 4.79 Å². The Balaban J connectivity index is 1.76. The third-order valence-corrected chi connectivity index (χ3v) is 3.71. The molecule has 2 aromatic carbocycles. The molecule has 1 N–H and O–H groups in total. The molecule has 0 fully saturated rings. The maximum Gasteiger partial charge on any atom is 0.422 e. The molecule has 1 amide bonds. The van der Waals surface area contributed by atoms with E-state index < -0.39 is 18.7 Å². The summed E-state index contributed by atoms with van der Waals surface area (Å²) in [5.41, 5.74) is 1.12. The quantitative estimate of drug-likeness (QED) is 0.680. The van der Waals surface area contributed by atoms with Crippen molar-refractivity contribution >= 4 is 23.2 Å². The van der Waals surface area contributed by atoms with Crippen LogP contribution in [0.25, 0.3) is 5.69 Å². The minimum absolute atomic E-state index is 0.0490. The van der Waals surface area contributed by atoms with Gasteiger partial charge in [-0.15, -0.1) is 0 Å². The average Bonchev–Trinajstić information content (AvgIpc) is 3.15. The molecule has 1 heterocycles. The summed E-state index contributed by atoms with van der Waals surface area (Å²) in [4.78, 5) is 12.4. The van der Waals surface area contributed by atoms with Crippen LogP contribution < -0.4 is 10.1 Å². The molecular weight excluding hydrogens is 383 g/mol. The number of rotatable bonds is 5. The average molecular weight is 396 g/mol. The van der Waals surface area contributed by atoms with Crippen LogP contribution in [0.5, 0.6) is 5.75 Å². The number of nitrogens with one attached hydrogen (secondary N) is 1. The number of hydrogen-bond donors (Lipinski definition) is 1. The Hall–Kier alpha value is -3.00. The van der Waals surface area contributed by atoms with E-state index >= 15 is 0 Å². The highest BCUT2D eigenvalue weighted by molar-refractivity contribution is 6.31. The van der Waals surface area contributed by atoms with Crippen molar-refractivity contribution < 1.29 is 22.7 Å². The lowest BCUT2D eigenvalue weighted by Gasteiger charge is -2.14. The van der Waals surface area contributed by atoms with E-state index in [2.05, 4.69) is 10.4 Å². The molecule has 0 aliphatic heterocycles. The van der Waals surface area contributed by atoms with Crippen LogP contribution >= 0.6 is 11.6 Å². The summed E-state index contributed by atoms with van der Waals surface area (Å²) in [6.45, 7) is -1.48. The molecule has 140 valence electrons. The van der Waals surface area contributed by atoms with E-state index in [1.165, 1.54) is 18.2 Å². The Morgan fingerprint density at radius 1 is 1.19 bits per heavy atom. The van der Waals surface area contributed by atoms with Crippen LogP contribution in [-0.2, 0) is 0 Å². The van der Waals surface area contributed by atoms with Crippen molar-refractivity contribution in [2.45, 2.75) is 6.18 Å². The summed E-state index contributed by atoms with van der Waals surface area (Å²) in [5.74, 6) is -0.639. The van der Waals surface area contributed by atoms with E-state index in [9.17, 15) is 18.0 Å². The molecule has 0 unspecified atom stereocenters. The third-order valence-electron chi connectivity index (χ3n) is 3.48. The van der Waals surface area contributed by atoms with E-state index in [1.54, 1.807) is 47.4 Å². The number of alkyl halides is 3.